The summed E-state index contributed by atoms with van der Waals surface area (Å²) < 4.78 is 0. The lowest BCUT2D eigenvalue weighted by atomic mass is 10.1. The van der Waals surface area contributed by atoms with Crippen molar-refractivity contribution in [1.82, 2.24) is 10.2 Å². The molecule has 2 amide bonds. The van der Waals surface area contributed by atoms with Crippen molar-refractivity contribution < 1.29 is 9.59 Å². The molecule has 5 nitrogen and oxygen atoms in total. The van der Waals surface area contributed by atoms with Gasteiger partial charge in [0.2, 0.25) is 5.91 Å². The zero-order chi connectivity index (χ0) is 14.4. The monoisotopic (exact) mass is 283 g/mol. The predicted octanol–water partition coefficient (Wildman–Crippen LogP) is 1.52. The highest BCUT2D eigenvalue weighted by molar-refractivity contribution is 6.34. The smallest absolute Gasteiger partial charge is 0.257 e. The van der Waals surface area contributed by atoms with E-state index >= 15 is 0 Å². The van der Waals surface area contributed by atoms with E-state index < -0.39 is 0 Å². The van der Waals surface area contributed by atoms with Crippen molar-refractivity contribution in [2.75, 3.05) is 25.9 Å². The molecule has 0 radical (unpaired) electrons. The Bertz CT molecular complexity index is 457. The van der Waals surface area contributed by atoms with Crippen LogP contribution in [-0.2, 0) is 4.79 Å². The number of nitrogens with two attached hydrogens (primary N) is 1. The predicted molar refractivity (Wildman–Crippen MR) is 76.1 cm³/mol. The van der Waals surface area contributed by atoms with E-state index in [0.29, 0.717) is 17.3 Å². The van der Waals surface area contributed by atoms with Crippen LogP contribution in [0.3, 0.4) is 0 Å². The van der Waals surface area contributed by atoms with Gasteiger partial charge in [-0.2, -0.15) is 0 Å². The molecule has 0 spiro atoms. The molecule has 1 rings (SSSR count). The molecule has 0 unspecified atom stereocenters. The summed E-state index contributed by atoms with van der Waals surface area (Å²) >= 11 is 6.01. The highest BCUT2D eigenvalue weighted by Gasteiger charge is 2.21. The zero-order valence-corrected chi connectivity index (χ0v) is 11.8. The number of carbonyl (C=O) groups is 2. The maximum atomic E-state index is 12.4. The van der Waals surface area contributed by atoms with E-state index in [2.05, 4.69) is 5.32 Å². The third kappa shape index (κ3) is 3.86. The number of amides is 2. The summed E-state index contributed by atoms with van der Waals surface area (Å²) in [6, 6.07) is 4.90. The van der Waals surface area contributed by atoms with Crippen LogP contribution in [0, 0.1) is 0 Å². The normalized spacial score (nSPS) is 10.1. The van der Waals surface area contributed by atoms with Crippen molar-refractivity contribution >= 4 is 29.1 Å². The first-order valence-electron chi connectivity index (χ1n) is 6.05. The molecular weight excluding hydrogens is 266 g/mol. The quantitative estimate of drug-likeness (QED) is 0.805. The van der Waals surface area contributed by atoms with E-state index in [1.165, 1.54) is 11.9 Å². The molecule has 0 atom stereocenters. The van der Waals surface area contributed by atoms with Crippen LogP contribution in [0.4, 0.5) is 5.69 Å². The number of anilines is 1. The summed E-state index contributed by atoms with van der Waals surface area (Å²) in [5, 5.41) is 2.79. The minimum atomic E-state index is -0.325. The molecule has 3 N–H and O–H groups in total. The first kappa shape index (κ1) is 15.3. The van der Waals surface area contributed by atoms with Gasteiger partial charge in [0.25, 0.3) is 5.91 Å². The highest BCUT2D eigenvalue weighted by Crippen LogP contribution is 2.23. The second-order valence-electron chi connectivity index (χ2n) is 4.10. The van der Waals surface area contributed by atoms with Crippen molar-refractivity contribution in [3.05, 3.63) is 28.8 Å². The summed E-state index contributed by atoms with van der Waals surface area (Å²) in [7, 11) is 1.53. The maximum absolute atomic E-state index is 12.4. The minimum Gasteiger partial charge on any atom is -0.398 e. The Labute approximate surface area is 117 Å². The number of nitrogens with one attached hydrogen (secondary N) is 1. The van der Waals surface area contributed by atoms with Gasteiger partial charge in [-0.15, -0.1) is 0 Å². The molecule has 0 heterocycles. The molecular formula is C13H18ClN3O2. The first-order chi connectivity index (χ1) is 9.01. The molecule has 1 aromatic rings. The van der Waals surface area contributed by atoms with Crippen LogP contribution >= 0.6 is 11.6 Å². The molecule has 19 heavy (non-hydrogen) atoms. The van der Waals surface area contributed by atoms with E-state index in [-0.39, 0.29) is 23.9 Å². The second-order valence-corrected chi connectivity index (χ2v) is 4.51. The van der Waals surface area contributed by atoms with Crippen LogP contribution in [0.25, 0.3) is 0 Å². The van der Waals surface area contributed by atoms with E-state index in [9.17, 15) is 9.59 Å². The number of hydrogen-bond acceptors (Lipinski definition) is 3. The number of carbonyl (C=O) groups excluding carboxylic acids is 2. The van der Waals surface area contributed by atoms with E-state index in [1.54, 1.807) is 18.2 Å². The van der Waals surface area contributed by atoms with Crippen molar-refractivity contribution in [3.8, 4) is 0 Å². The van der Waals surface area contributed by atoms with Gasteiger partial charge < -0.3 is 16.0 Å². The Morgan fingerprint density at radius 2 is 2.11 bits per heavy atom. The van der Waals surface area contributed by atoms with Gasteiger partial charge in [0.05, 0.1) is 17.1 Å². The number of rotatable bonds is 5. The summed E-state index contributed by atoms with van der Waals surface area (Å²) in [6.45, 7) is 2.39. The Kier molecular flexibility index (Phi) is 5.63. The van der Waals surface area contributed by atoms with Crippen molar-refractivity contribution in [3.63, 3.8) is 0 Å². The number of benzene rings is 1. The molecule has 0 fully saturated rings. The van der Waals surface area contributed by atoms with Gasteiger partial charge in [0, 0.05) is 19.3 Å². The van der Waals surface area contributed by atoms with Gasteiger partial charge >= 0.3 is 0 Å². The summed E-state index contributed by atoms with van der Waals surface area (Å²) in [4.78, 5) is 25.3. The number of nitrogens with zero attached hydrogens (tertiary/aromatic N) is 1. The highest BCUT2D eigenvalue weighted by atomic mass is 35.5. The Morgan fingerprint density at radius 3 is 2.63 bits per heavy atom. The van der Waals surface area contributed by atoms with Crippen LogP contribution in [0.1, 0.15) is 23.7 Å². The fraction of sp³-hybridized carbons (Fsp3) is 0.385. The van der Waals surface area contributed by atoms with Crippen LogP contribution in [0.5, 0.6) is 0 Å². The molecule has 0 saturated carbocycles. The lowest BCUT2D eigenvalue weighted by Crippen LogP contribution is -2.40. The van der Waals surface area contributed by atoms with Gasteiger partial charge in [0.1, 0.15) is 0 Å². The molecule has 0 saturated heterocycles. The van der Waals surface area contributed by atoms with Crippen molar-refractivity contribution in [1.29, 1.82) is 0 Å². The van der Waals surface area contributed by atoms with E-state index in [1.807, 2.05) is 6.92 Å². The standard InChI is InChI=1S/C13H18ClN3O2/c1-3-7-17(8-11(18)16-2)13(19)12-9(14)5-4-6-10(12)15/h4-6H,3,7-8,15H2,1-2H3,(H,16,18). The van der Waals surface area contributed by atoms with Gasteiger partial charge in [-0.3, -0.25) is 9.59 Å². The molecule has 0 aliphatic rings. The first-order valence-corrected chi connectivity index (χ1v) is 6.42. The molecule has 0 bridgehead atoms. The largest absolute Gasteiger partial charge is 0.398 e. The number of halogens is 1. The molecule has 0 aliphatic carbocycles. The fourth-order valence-electron chi connectivity index (χ4n) is 1.70. The van der Waals surface area contributed by atoms with Crippen LogP contribution in [-0.4, -0.2) is 36.9 Å². The van der Waals surface area contributed by atoms with E-state index in [0.717, 1.165) is 6.42 Å². The topological polar surface area (TPSA) is 75.4 Å². The number of likely N-dealkylation sites (N-methyl/N-ethyl adjacent to an activating group) is 1. The Balaban J connectivity index is 3.02. The lowest BCUT2D eigenvalue weighted by molar-refractivity contribution is -0.121. The molecule has 1 aromatic carbocycles. The SMILES string of the molecule is CCCN(CC(=O)NC)C(=O)c1c(N)cccc1Cl. The summed E-state index contributed by atoms with van der Waals surface area (Å²) in [5.74, 6) is -0.555. The second kappa shape index (κ2) is 6.99. The van der Waals surface area contributed by atoms with Gasteiger partial charge in [-0.05, 0) is 18.6 Å². The van der Waals surface area contributed by atoms with Crippen LogP contribution < -0.4 is 11.1 Å². The lowest BCUT2D eigenvalue weighted by Gasteiger charge is -2.22. The third-order valence-electron chi connectivity index (χ3n) is 2.65. The van der Waals surface area contributed by atoms with Gasteiger partial charge in [-0.25, -0.2) is 0 Å². The van der Waals surface area contributed by atoms with Crippen LogP contribution in [0.15, 0.2) is 18.2 Å². The zero-order valence-electron chi connectivity index (χ0n) is 11.1. The van der Waals surface area contributed by atoms with Crippen LogP contribution in [0.2, 0.25) is 5.02 Å². The number of nitrogen functional groups attached to an aromatic ring is 1. The summed E-state index contributed by atoms with van der Waals surface area (Å²) in [6.07, 6.45) is 0.743. The number of hydrogen-bond donors (Lipinski definition) is 2. The van der Waals surface area contributed by atoms with E-state index in [4.69, 9.17) is 17.3 Å². The van der Waals surface area contributed by atoms with Crippen molar-refractivity contribution in [2.45, 2.75) is 13.3 Å². The molecule has 0 aliphatic heterocycles. The summed E-state index contributed by atoms with van der Waals surface area (Å²) in [5.41, 5.74) is 6.35. The van der Waals surface area contributed by atoms with Gasteiger partial charge in [-0.1, -0.05) is 24.6 Å². The third-order valence-corrected chi connectivity index (χ3v) is 2.97. The maximum Gasteiger partial charge on any atom is 0.257 e. The molecule has 6 heteroatoms. The fourth-order valence-corrected chi connectivity index (χ4v) is 1.96. The average Bonchev–Trinajstić information content (AvgIpc) is 2.37. The van der Waals surface area contributed by atoms with Gasteiger partial charge in [0.15, 0.2) is 0 Å². The Morgan fingerprint density at radius 1 is 1.42 bits per heavy atom. The minimum absolute atomic E-state index is 0.00611. The average molecular weight is 284 g/mol. The molecule has 104 valence electrons. The van der Waals surface area contributed by atoms with Crippen molar-refractivity contribution in [2.24, 2.45) is 0 Å². The Hall–Kier alpha value is -1.75. The molecule has 0 aromatic heterocycles.